The van der Waals surface area contributed by atoms with Crippen molar-refractivity contribution in [2.45, 2.75) is 32.2 Å². The van der Waals surface area contributed by atoms with Crippen LogP contribution in [-0.4, -0.2) is 31.1 Å². The van der Waals surface area contributed by atoms with E-state index in [4.69, 9.17) is 40.2 Å². The molecule has 1 aliphatic rings. The van der Waals surface area contributed by atoms with Gasteiger partial charge in [0.1, 0.15) is 5.16 Å². The Balaban J connectivity index is 1.53. The number of hydrogen-bond donors (Lipinski definition) is 5. The molecule has 0 spiro atoms. The van der Waals surface area contributed by atoms with Crippen LogP contribution in [0, 0.1) is 11.3 Å². The van der Waals surface area contributed by atoms with Crippen LogP contribution < -0.4 is 32.8 Å². The maximum absolute atomic E-state index is 13.7. The zero-order valence-corrected chi connectivity index (χ0v) is 26.3. The van der Waals surface area contributed by atoms with Crippen molar-refractivity contribution in [2.24, 2.45) is 17.5 Å². The zero-order valence-electron chi connectivity index (χ0n) is 24.8. The SMILES string of the molecule is CC1CCCC(n2cnc(-c3cc(Cl)ccc3N(N)/C=C(\N)Cl)cc2=O)c2cc(ccn2)C(=N)/C(=C\Nc2ccncc2)NC1=O. The second kappa shape index (κ2) is 14.4. The molecule has 236 valence electrons. The highest BCUT2D eigenvalue weighted by Gasteiger charge is 2.24. The first-order valence-corrected chi connectivity index (χ1v) is 15.1. The molecule has 0 saturated carbocycles. The van der Waals surface area contributed by atoms with Crippen molar-refractivity contribution in [1.82, 2.24) is 24.8 Å². The number of carbonyl (C=O) groups is 1. The molecule has 2 bridgehead atoms. The summed E-state index contributed by atoms with van der Waals surface area (Å²) in [5.41, 5.74) is 8.80. The summed E-state index contributed by atoms with van der Waals surface area (Å²) in [6.45, 7) is 1.84. The third-order valence-corrected chi connectivity index (χ3v) is 7.84. The van der Waals surface area contributed by atoms with Crippen molar-refractivity contribution < 1.29 is 4.79 Å². The Kier molecular flexibility index (Phi) is 10.1. The molecule has 1 aliphatic heterocycles. The number of halogens is 2. The molecular formula is C32H32Cl2N10O2. The van der Waals surface area contributed by atoms with Crippen LogP contribution in [0.1, 0.15) is 43.5 Å². The molecule has 0 aliphatic carbocycles. The molecule has 0 fully saturated rings. The number of rotatable bonds is 6. The van der Waals surface area contributed by atoms with E-state index >= 15 is 0 Å². The number of amides is 1. The van der Waals surface area contributed by atoms with E-state index in [-0.39, 0.29) is 28.3 Å². The number of allylic oxidation sites excluding steroid dienone is 1. The van der Waals surface area contributed by atoms with Gasteiger partial charge in [-0.05, 0) is 55.3 Å². The van der Waals surface area contributed by atoms with Gasteiger partial charge in [-0.2, -0.15) is 0 Å². The average molecular weight is 660 g/mol. The number of aromatic nitrogens is 4. The summed E-state index contributed by atoms with van der Waals surface area (Å²) in [7, 11) is 0. The Labute approximate surface area is 275 Å². The number of anilines is 2. The van der Waals surface area contributed by atoms with Gasteiger partial charge in [-0.1, -0.05) is 36.5 Å². The summed E-state index contributed by atoms with van der Waals surface area (Å²) in [6, 6.07) is 12.9. The molecular weight excluding hydrogens is 627 g/mol. The molecule has 12 nitrogen and oxygen atoms in total. The molecule has 1 amide bonds. The lowest BCUT2D eigenvalue weighted by atomic mass is 9.96. The molecule has 2 atom stereocenters. The quantitative estimate of drug-likeness (QED) is 0.110. The summed E-state index contributed by atoms with van der Waals surface area (Å²) in [5.74, 6) is 5.59. The number of pyridine rings is 2. The fourth-order valence-corrected chi connectivity index (χ4v) is 5.36. The molecule has 0 radical (unpaired) electrons. The Hall–Kier alpha value is -5.04. The minimum Gasteiger partial charge on any atom is -0.388 e. The van der Waals surface area contributed by atoms with E-state index in [0.717, 1.165) is 5.69 Å². The molecule has 4 aromatic rings. The van der Waals surface area contributed by atoms with Gasteiger partial charge in [-0.25, -0.2) is 10.8 Å². The van der Waals surface area contributed by atoms with Gasteiger partial charge >= 0.3 is 0 Å². The predicted molar refractivity (Wildman–Crippen MR) is 180 cm³/mol. The van der Waals surface area contributed by atoms with Crippen LogP contribution in [0.25, 0.3) is 11.3 Å². The number of nitrogens with zero attached hydrogens (tertiary/aromatic N) is 5. The first-order valence-electron chi connectivity index (χ1n) is 14.4. The topological polar surface area (TPSA) is 181 Å². The zero-order chi connectivity index (χ0) is 32.8. The normalized spacial score (nSPS) is 18.3. The summed E-state index contributed by atoms with van der Waals surface area (Å²) in [6.07, 6.45) is 10.9. The number of fused-ring (bicyclic) bond motifs is 2. The second-order valence-electron chi connectivity index (χ2n) is 10.7. The van der Waals surface area contributed by atoms with E-state index in [1.165, 1.54) is 28.2 Å². The van der Waals surface area contributed by atoms with Crippen LogP contribution in [0.3, 0.4) is 0 Å². The molecule has 46 heavy (non-hydrogen) atoms. The minimum absolute atomic E-state index is 0.0310. The van der Waals surface area contributed by atoms with Gasteiger partial charge in [0, 0.05) is 58.6 Å². The molecule has 1 aromatic carbocycles. The number of nitrogens with one attached hydrogen (secondary N) is 3. The largest absolute Gasteiger partial charge is 0.388 e. The van der Waals surface area contributed by atoms with Gasteiger partial charge in [0.25, 0.3) is 5.56 Å². The van der Waals surface area contributed by atoms with Gasteiger partial charge in [0.2, 0.25) is 5.91 Å². The van der Waals surface area contributed by atoms with E-state index in [2.05, 4.69) is 25.6 Å². The summed E-state index contributed by atoms with van der Waals surface area (Å²) in [5, 5.41) is 16.6. The Bertz CT molecular complexity index is 1870. The maximum Gasteiger partial charge on any atom is 0.254 e. The monoisotopic (exact) mass is 658 g/mol. The van der Waals surface area contributed by atoms with Crippen LogP contribution in [0.2, 0.25) is 5.02 Å². The van der Waals surface area contributed by atoms with E-state index in [1.54, 1.807) is 67.3 Å². The summed E-state index contributed by atoms with van der Waals surface area (Å²) >= 11 is 12.1. The van der Waals surface area contributed by atoms with E-state index in [9.17, 15) is 9.59 Å². The highest BCUT2D eigenvalue weighted by Crippen LogP contribution is 2.32. The molecule has 4 heterocycles. The maximum atomic E-state index is 13.7. The van der Waals surface area contributed by atoms with Gasteiger partial charge in [0.15, 0.2) is 0 Å². The van der Waals surface area contributed by atoms with E-state index in [0.29, 0.717) is 58.2 Å². The van der Waals surface area contributed by atoms with Crippen molar-refractivity contribution in [1.29, 1.82) is 5.41 Å². The average Bonchev–Trinajstić information content (AvgIpc) is 3.04. The number of hydrogen-bond acceptors (Lipinski definition) is 10. The van der Waals surface area contributed by atoms with E-state index < -0.39 is 6.04 Å². The van der Waals surface area contributed by atoms with Crippen molar-refractivity contribution >= 4 is 46.2 Å². The second-order valence-corrected chi connectivity index (χ2v) is 11.6. The third-order valence-electron chi connectivity index (χ3n) is 7.51. The fourth-order valence-electron chi connectivity index (χ4n) is 5.08. The van der Waals surface area contributed by atoms with Crippen molar-refractivity contribution in [3.63, 3.8) is 0 Å². The van der Waals surface area contributed by atoms with Crippen molar-refractivity contribution in [3.8, 4) is 11.3 Å². The first-order chi connectivity index (χ1) is 22.1. The molecule has 2 unspecified atom stereocenters. The van der Waals surface area contributed by atoms with Crippen LogP contribution in [0.15, 0.2) is 101 Å². The van der Waals surface area contributed by atoms with Crippen LogP contribution in [-0.2, 0) is 4.79 Å². The molecule has 3 aromatic heterocycles. The smallest absolute Gasteiger partial charge is 0.254 e. The van der Waals surface area contributed by atoms with Gasteiger partial charge < -0.3 is 16.4 Å². The number of benzene rings is 1. The number of nitrogens with two attached hydrogens (primary N) is 2. The molecule has 0 saturated heterocycles. The lowest BCUT2D eigenvalue weighted by Gasteiger charge is -2.23. The first kappa shape index (κ1) is 32.4. The fraction of sp³-hybridized carbons (Fsp3) is 0.188. The summed E-state index contributed by atoms with van der Waals surface area (Å²) < 4.78 is 1.51. The number of carbonyl (C=O) groups excluding carboxylic acids is 1. The van der Waals surface area contributed by atoms with Crippen LogP contribution in [0.4, 0.5) is 11.4 Å². The van der Waals surface area contributed by atoms with Crippen molar-refractivity contribution in [3.05, 3.63) is 123 Å². The number of hydrazine groups is 1. The lowest BCUT2D eigenvalue weighted by Crippen LogP contribution is -2.33. The molecule has 5 rings (SSSR count). The third kappa shape index (κ3) is 7.60. The predicted octanol–water partition coefficient (Wildman–Crippen LogP) is 4.88. The molecule has 14 heteroatoms. The van der Waals surface area contributed by atoms with Gasteiger partial charge in [-0.15, -0.1) is 0 Å². The lowest BCUT2D eigenvalue weighted by molar-refractivity contribution is -0.123. The Morgan fingerprint density at radius 3 is 2.63 bits per heavy atom. The van der Waals surface area contributed by atoms with E-state index in [1.807, 2.05) is 6.92 Å². The Morgan fingerprint density at radius 1 is 1.11 bits per heavy atom. The van der Waals surface area contributed by atoms with Gasteiger partial charge in [-0.3, -0.25) is 34.5 Å². The Morgan fingerprint density at radius 2 is 1.89 bits per heavy atom. The van der Waals surface area contributed by atoms with Crippen LogP contribution in [0.5, 0.6) is 0 Å². The van der Waals surface area contributed by atoms with Crippen molar-refractivity contribution in [2.75, 3.05) is 10.3 Å². The molecule has 7 N–H and O–H groups in total. The standard InChI is InChI=1S/C32H32Cl2N10O2/c1-19-3-2-4-28(43-18-41-24(15-30(43)45)23-14-21(33)5-6-27(23)44(37)17-29(34)35)25-13-20(7-12-39-25)31(36)26(42-32(19)46)16-40-22-8-10-38-11-9-22/h5-19,28,36H,2-4,35,37H2,1H3,(H,38,40)(H,42,46)/b26-16+,29-17-,36-31?. The summed E-state index contributed by atoms with van der Waals surface area (Å²) in [4.78, 5) is 40.1. The van der Waals surface area contributed by atoms with Gasteiger partial charge in [0.05, 0.1) is 47.1 Å². The van der Waals surface area contributed by atoms with Crippen LogP contribution >= 0.6 is 23.2 Å². The highest BCUT2D eigenvalue weighted by molar-refractivity contribution is 6.31. The highest BCUT2D eigenvalue weighted by atomic mass is 35.5. The minimum atomic E-state index is -0.511.